The lowest BCUT2D eigenvalue weighted by Crippen LogP contribution is -2.11. The van der Waals surface area contributed by atoms with Crippen LogP contribution in [-0.2, 0) is 0 Å². The molecule has 3 aromatic heterocycles. The minimum absolute atomic E-state index is 0.201. The van der Waals surface area contributed by atoms with Crippen molar-refractivity contribution >= 4 is 34.4 Å². The van der Waals surface area contributed by atoms with Gasteiger partial charge in [0.1, 0.15) is 11.3 Å². The van der Waals surface area contributed by atoms with Crippen molar-refractivity contribution in [1.82, 2.24) is 9.97 Å². The summed E-state index contributed by atoms with van der Waals surface area (Å²) in [6.45, 7) is 3.84. The summed E-state index contributed by atoms with van der Waals surface area (Å²) < 4.78 is 11.5. The van der Waals surface area contributed by atoms with E-state index in [1.54, 1.807) is 24.4 Å². The van der Waals surface area contributed by atoms with Crippen molar-refractivity contribution in [2.45, 2.75) is 13.8 Å². The van der Waals surface area contributed by atoms with E-state index in [1.165, 1.54) is 0 Å². The minimum atomic E-state index is -0.353. The Morgan fingerprint density at radius 1 is 0.938 bits per heavy atom. The molecule has 0 saturated heterocycles. The number of oxazole rings is 1. The lowest BCUT2D eigenvalue weighted by Gasteiger charge is -2.08. The van der Waals surface area contributed by atoms with Gasteiger partial charge in [0.15, 0.2) is 5.76 Å². The molecule has 0 fully saturated rings. The van der Waals surface area contributed by atoms with E-state index in [9.17, 15) is 4.79 Å². The SMILES string of the molecule is Cc1ccc(-c2ccc(C(=O)Nc3cc(-c4nc5cccnc5o4)ccc3C)o2)cc1Cl. The van der Waals surface area contributed by atoms with Crippen LogP contribution in [0.2, 0.25) is 5.02 Å². The lowest BCUT2D eigenvalue weighted by molar-refractivity contribution is 0.0997. The predicted molar refractivity (Wildman–Crippen MR) is 124 cm³/mol. The molecule has 6 nitrogen and oxygen atoms in total. The standard InChI is InChI=1S/C25H18ClN3O3/c1-14-5-7-16(12-18(14)26)21-9-10-22(31-21)23(30)28-20-13-17(8-6-15(20)2)24-29-19-4-3-11-27-25(19)32-24/h3-13H,1-2H3,(H,28,30). The van der Waals surface area contributed by atoms with E-state index in [0.29, 0.717) is 33.6 Å². The normalized spacial score (nSPS) is 11.1. The molecule has 0 radical (unpaired) electrons. The molecule has 0 spiro atoms. The number of furan rings is 1. The number of nitrogens with one attached hydrogen (secondary N) is 1. The Hall–Kier alpha value is -3.90. The number of fused-ring (bicyclic) bond motifs is 1. The topological polar surface area (TPSA) is 81.2 Å². The van der Waals surface area contributed by atoms with Crippen LogP contribution < -0.4 is 5.32 Å². The average molecular weight is 444 g/mol. The number of anilines is 1. The van der Waals surface area contributed by atoms with E-state index >= 15 is 0 Å². The number of pyridine rings is 1. The second-order valence-corrected chi connectivity index (χ2v) is 7.87. The molecule has 0 atom stereocenters. The van der Waals surface area contributed by atoms with Crippen LogP contribution in [0.5, 0.6) is 0 Å². The third-order valence-electron chi connectivity index (χ3n) is 5.19. The lowest BCUT2D eigenvalue weighted by atomic mass is 10.1. The number of benzene rings is 2. The Bertz CT molecular complexity index is 1440. The zero-order valence-electron chi connectivity index (χ0n) is 17.3. The maximum atomic E-state index is 12.8. The van der Waals surface area contributed by atoms with Crippen LogP contribution >= 0.6 is 11.6 Å². The molecule has 2 aromatic carbocycles. The zero-order chi connectivity index (χ0) is 22.2. The van der Waals surface area contributed by atoms with Crippen LogP contribution in [0, 0.1) is 13.8 Å². The summed E-state index contributed by atoms with van der Waals surface area (Å²) in [5.74, 6) is 0.855. The van der Waals surface area contributed by atoms with Gasteiger partial charge in [-0.1, -0.05) is 29.8 Å². The van der Waals surface area contributed by atoms with Gasteiger partial charge in [-0.15, -0.1) is 0 Å². The van der Waals surface area contributed by atoms with Gasteiger partial charge in [0.05, 0.1) is 0 Å². The highest BCUT2D eigenvalue weighted by molar-refractivity contribution is 6.31. The Morgan fingerprint density at radius 2 is 1.75 bits per heavy atom. The summed E-state index contributed by atoms with van der Waals surface area (Å²) in [6.07, 6.45) is 1.65. The first-order chi connectivity index (χ1) is 15.5. The first-order valence-electron chi connectivity index (χ1n) is 9.98. The molecule has 5 rings (SSSR count). The monoisotopic (exact) mass is 443 g/mol. The fourth-order valence-electron chi connectivity index (χ4n) is 3.33. The number of carbonyl (C=O) groups is 1. The van der Waals surface area contributed by atoms with Crippen LogP contribution in [0.3, 0.4) is 0 Å². The maximum absolute atomic E-state index is 12.8. The molecule has 0 bridgehead atoms. The fraction of sp³-hybridized carbons (Fsp3) is 0.0800. The molecule has 1 amide bonds. The summed E-state index contributed by atoms with van der Waals surface area (Å²) >= 11 is 6.21. The van der Waals surface area contributed by atoms with E-state index in [4.69, 9.17) is 20.4 Å². The van der Waals surface area contributed by atoms with Gasteiger partial charge in [0, 0.05) is 28.0 Å². The summed E-state index contributed by atoms with van der Waals surface area (Å²) in [7, 11) is 0. The summed E-state index contributed by atoms with van der Waals surface area (Å²) in [5.41, 5.74) is 5.19. The molecule has 0 unspecified atom stereocenters. The first-order valence-corrected chi connectivity index (χ1v) is 10.4. The molecule has 3 heterocycles. The Morgan fingerprint density at radius 3 is 2.56 bits per heavy atom. The van der Waals surface area contributed by atoms with Crippen LogP contribution in [0.25, 0.3) is 34.0 Å². The smallest absolute Gasteiger partial charge is 0.291 e. The van der Waals surface area contributed by atoms with E-state index in [1.807, 2.05) is 56.3 Å². The molecule has 5 aromatic rings. The quantitative estimate of drug-likeness (QED) is 0.335. The zero-order valence-corrected chi connectivity index (χ0v) is 18.1. The van der Waals surface area contributed by atoms with Crippen molar-refractivity contribution < 1.29 is 13.6 Å². The van der Waals surface area contributed by atoms with Crippen molar-refractivity contribution in [3.05, 3.63) is 88.8 Å². The van der Waals surface area contributed by atoms with E-state index in [2.05, 4.69) is 15.3 Å². The van der Waals surface area contributed by atoms with E-state index < -0.39 is 0 Å². The van der Waals surface area contributed by atoms with Crippen molar-refractivity contribution in [2.75, 3.05) is 5.32 Å². The number of nitrogens with zero attached hydrogens (tertiary/aromatic N) is 2. The second kappa shape index (κ2) is 7.98. The van der Waals surface area contributed by atoms with E-state index in [-0.39, 0.29) is 11.7 Å². The van der Waals surface area contributed by atoms with Crippen LogP contribution in [-0.4, -0.2) is 15.9 Å². The number of aryl methyl sites for hydroxylation is 2. The maximum Gasteiger partial charge on any atom is 0.291 e. The number of amides is 1. The summed E-state index contributed by atoms with van der Waals surface area (Å²) in [4.78, 5) is 21.5. The Kier molecular flexibility index (Phi) is 4.99. The fourth-order valence-corrected chi connectivity index (χ4v) is 3.51. The van der Waals surface area contributed by atoms with Crippen molar-refractivity contribution in [2.24, 2.45) is 0 Å². The predicted octanol–water partition coefficient (Wildman–Crippen LogP) is 6.67. The van der Waals surface area contributed by atoms with Gasteiger partial charge in [-0.05, 0) is 67.4 Å². The highest BCUT2D eigenvalue weighted by Crippen LogP contribution is 2.29. The molecule has 158 valence electrons. The highest BCUT2D eigenvalue weighted by atomic mass is 35.5. The van der Waals surface area contributed by atoms with Crippen molar-refractivity contribution in [1.29, 1.82) is 0 Å². The number of carbonyl (C=O) groups excluding carboxylic acids is 1. The van der Waals surface area contributed by atoms with Gasteiger partial charge in [0.2, 0.25) is 11.6 Å². The molecule has 1 N–H and O–H groups in total. The summed E-state index contributed by atoms with van der Waals surface area (Å²) in [6, 6.07) is 18.3. The number of hydrogen-bond acceptors (Lipinski definition) is 5. The number of rotatable bonds is 4. The van der Waals surface area contributed by atoms with Gasteiger partial charge in [0.25, 0.3) is 5.91 Å². The van der Waals surface area contributed by atoms with Crippen LogP contribution in [0.4, 0.5) is 5.69 Å². The minimum Gasteiger partial charge on any atom is -0.451 e. The molecular weight excluding hydrogens is 426 g/mol. The molecule has 32 heavy (non-hydrogen) atoms. The van der Waals surface area contributed by atoms with Crippen molar-refractivity contribution in [3.8, 4) is 22.8 Å². The van der Waals surface area contributed by atoms with Gasteiger partial charge in [-0.25, -0.2) is 9.97 Å². The van der Waals surface area contributed by atoms with Gasteiger partial charge >= 0.3 is 0 Å². The second-order valence-electron chi connectivity index (χ2n) is 7.46. The average Bonchev–Trinajstić information content (AvgIpc) is 3.44. The third kappa shape index (κ3) is 3.76. The Labute approximate surface area is 188 Å². The number of halogens is 1. The highest BCUT2D eigenvalue weighted by Gasteiger charge is 2.16. The van der Waals surface area contributed by atoms with Gasteiger partial charge in [-0.2, -0.15) is 0 Å². The van der Waals surface area contributed by atoms with E-state index in [0.717, 1.165) is 22.3 Å². The number of hydrogen-bond donors (Lipinski definition) is 1. The third-order valence-corrected chi connectivity index (χ3v) is 5.59. The molecule has 0 aliphatic heterocycles. The first kappa shape index (κ1) is 20.0. The van der Waals surface area contributed by atoms with Crippen molar-refractivity contribution in [3.63, 3.8) is 0 Å². The molecule has 7 heteroatoms. The summed E-state index contributed by atoms with van der Waals surface area (Å²) in [5, 5.41) is 3.56. The molecule has 0 saturated carbocycles. The van der Waals surface area contributed by atoms with Crippen LogP contribution in [0.1, 0.15) is 21.7 Å². The van der Waals surface area contributed by atoms with Gasteiger partial charge in [-0.3, -0.25) is 4.79 Å². The molecule has 0 aliphatic rings. The Balaban J connectivity index is 1.40. The number of aromatic nitrogens is 2. The molecular formula is C25H18ClN3O3. The van der Waals surface area contributed by atoms with Crippen LogP contribution in [0.15, 0.2) is 75.7 Å². The van der Waals surface area contributed by atoms with Gasteiger partial charge < -0.3 is 14.2 Å². The largest absolute Gasteiger partial charge is 0.451 e. The molecule has 0 aliphatic carbocycles.